The molecule has 0 saturated heterocycles. The minimum atomic E-state index is -0.162. The van der Waals surface area contributed by atoms with Crippen LogP contribution in [-0.2, 0) is 0 Å². The molecule has 0 aliphatic rings. The topological polar surface area (TPSA) is 107 Å². The molecule has 0 aliphatic carbocycles. The highest BCUT2D eigenvalue weighted by Crippen LogP contribution is 2.33. The molecular formula is C22H22N2O5. The molecule has 0 unspecified atom stereocenters. The van der Waals surface area contributed by atoms with E-state index in [9.17, 15) is 9.90 Å². The number of phenolic OH excluding ortho intramolecular Hbond substituents is 1. The van der Waals surface area contributed by atoms with Gasteiger partial charge in [0.15, 0.2) is 16.6 Å². The number of aromatic nitrogens is 1. The van der Waals surface area contributed by atoms with Gasteiger partial charge in [0.2, 0.25) is 0 Å². The highest BCUT2D eigenvalue weighted by Gasteiger charge is 2.13. The van der Waals surface area contributed by atoms with Gasteiger partial charge in [0.05, 0.1) is 0 Å². The maximum Gasteiger partial charge on any atom is 0.179 e. The molecule has 4 aromatic rings. The third-order valence-electron chi connectivity index (χ3n) is 4.96. The van der Waals surface area contributed by atoms with Gasteiger partial charge < -0.3 is 24.6 Å². The quantitative estimate of drug-likeness (QED) is 0.327. The lowest BCUT2D eigenvalue weighted by atomic mass is 10.1. The zero-order valence-electron chi connectivity index (χ0n) is 15.8. The molecule has 150 valence electrons. The van der Waals surface area contributed by atoms with Crippen LogP contribution in [0.4, 0.5) is 5.69 Å². The number of anilines is 1. The number of aliphatic hydroxyl groups excluding tert-OH is 2. The average Bonchev–Trinajstić information content (AvgIpc) is 2.72. The largest absolute Gasteiger partial charge is 0.507 e. The average molecular weight is 394 g/mol. The highest BCUT2D eigenvalue weighted by molar-refractivity contribution is 6.07. The number of aromatic hydroxyl groups is 1. The minimum absolute atomic E-state index is 0.0288. The number of benzene rings is 3. The summed E-state index contributed by atoms with van der Waals surface area (Å²) in [7, 11) is 0. The van der Waals surface area contributed by atoms with Crippen LogP contribution in [0.5, 0.6) is 5.75 Å². The number of aliphatic hydroxyl groups is 2. The van der Waals surface area contributed by atoms with Crippen LogP contribution < -0.4 is 10.3 Å². The van der Waals surface area contributed by atoms with Crippen molar-refractivity contribution in [2.75, 3.05) is 31.2 Å². The molecule has 3 N–H and O–H groups in total. The standard InChI is InChI=1S/C22H22N2O5/c25-9-1-7-24(8-2-10-26)14-3-6-18-20(11-14)29-21-13-19(28)16-5-4-15(27)12-17(16)22(21)23-18/h3-6,11-13,25-26,28H,1-2,7-10H2. The van der Waals surface area contributed by atoms with E-state index in [1.807, 2.05) is 18.2 Å². The van der Waals surface area contributed by atoms with Crippen molar-refractivity contribution in [3.05, 3.63) is 52.7 Å². The maximum atomic E-state index is 11.8. The summed E-state index contributed by atoms with van der Waals surface area (Å²) in [5.41, 5.74) is 2.83. The predicted molar refractivity (Wildman–Crippen MR) is 113 cm³/mol. The second kappa shape index (κ2) is 8.06. The van der Waals surface area contributed by atoms with E-state index in [4.69, 9.17) is 14.6 Å². The van der Waals surface area contributed by atoms with Crippen LogP contribution in [0.3, 0.4) is 0 Å². The van der Waals surface area contributed by atoms with Crippen molar-refractivity contribution in [2.24, 2.45) is 0 Å². The monoisotopic (exact) mass is 394 g/mol. The number of nitrogens with zero attached hydrogens (tertiary/aromatic N) is 2. The lowest BCUT2D eigenvalue weighted by Crippen LogP contribution is -2.26. The first kappa shape index (κ1) is 19.2. The zero-order chi connectivity index (χ0) is 20.4. The summed E-state index contributed by atoms with van der Waals surface area (Å²) < 4.78 is 6.02. The van der Waals surface area contributed by atoms with Gasteiger partial charge in [-0.1, -0.05) is 0 Å². The van der Waals surface area contributed by atoms with Crippen LogP contribution in [0.1, 0.15) is 12.8 Å². The molecular weight excluding hydrogens is 372 g/mol. The smallest absolute Gasteiger partial charge is 0.179 e. The van der Waals surface area contributed by atoms with Crippen LogP contribution in [0.2, 0.25) is 0 Å². The van der Waals surface area contributed by atoms with Gasteiger partial charge in [0, 0.05) is 54.9 Å². The Labute approximate surface area is 166 Å². The van der Waals surface area contributed by atoms with Gasteiger partial charge in [-0.15, -0.1) is 0 Å². The van der Waals surface area contributed by atoms with Gasteiger partial charge in [0.25, 0.3) is 0 Å². The normalized spacial score (nSPS) is 11.5. The fourth-order valence-corrected chi connectivity index (χ4v) is 3.54. The first-order valence-electron chi connectivity index (χ1n) is 9.58. The van der Waals surface area contributed by atoms with Crippen molar-refractivity contribution in [3.8, 4) is 5.75 Å². The Hall–Kier alpha value is -3.16. The van der Waals surface area contributed by atoms with Crippen LogP contribution in [-0.4, -0.2) is 46.6 Å². The second-order valence-electron chi connectivity index (χ2n) is 6.96. The van der Waals surface area contributed by atoms with Gasteiger partial charge in [0.1, 0.15) is 16.8 Å². The van der Waals surface area contributed by atoms with Gasteiger partial charge >= 0.3 is 0 Å². The Kier molecular flexibility index (Phi) is 5.33. The molecule has 0 amide bonds. The van der Waals surface area contributed by atoms with Gasteiger partial charge in [-0.25, -0.2) is 4.98 Å². The molecule has 0 fully saturated rings. The molecule has 3 aromatic carbocycles. The van der Waals surface area contributed by atoms with E-state index in [1.165, 1.54) is 18.2 Å². The minimum Gasteiger partial charge on any atom is -0.507 e. The Morgan fingerprint density at radius 2 is 1.66 bits per heavy atom. The predicted octanol–water partition coefficient (Wildman–Crippen LogP) is 2.77. The fraction of sp³-hybridized carbons (Fsp3) is 0.273. The van der Waals surface area contributed by atoms with Crippen molar-refractivity contribution in [3.63, 3.8) is 0 Å². The SMILES string of the molecule is O=c1ccc2c(O)cc3oc4cc(N(CCCO)CCCO)ccc4nc3c2c1. The molecule has 0 bridgehead atoms. The summed E-state index contributed by atoms with van der Waals surface area (Å²) in [4.78, 5) is 18.6. The van der Waals surface area contributed by atoms with E-state index >= 15 is 0 Å². The van der Waals surface area contributed by atoms with Crippen LogP contribution >= 0.6 is 0 Å². The molecule has 1 heterocycles. The number of hydrogen-bond acceptors (Lipinski definition) is 7. The van der Waals surface area contributed by atoms with Crippen LogP contribution in [0.25, 0.3) is 33.0 Å². The Balaban J connectivity index is 1.85. The van der Waals surface area contributed by atoms with Crippen molar-refractivity contribution < 1.29 is 19.7 Å². The lowest BCUT2D eigenvalue weighted by molar-refractivity contribution is 0.282. The van der Waals surface area contributed by atoms with Crippen molar-refractivity contribution in [2.45, 2.75) is 12.8 Å². The molecule has 0 saturated carbocycles. The van der Waals surface area contributed by atoms with E-state index in [2.05, 4.69) is 9.88 Å². The lowest BCUT2D eigenvalue weighted by Gasteiger charge is -2.24. The zero-order valence-corrected chi connectivity index (χ0v) is 15.8. The molecule has 7 nitrogen and oxygen atoms in total. The van der Waals surface area contributed by atoms with E-state index in [0.717, 1.165) is 5.69 Å². The molecule has 0 spiro atoms. The summed E-state index contributed by atoms with van der Waals surface area (Å²) in [6, 6.07) is 11.6. The first-order chi connectivity index (χ1) is 14.1. The highest BCUT2D eigenvalue weighted by atomic mass is 16.3. The number of fused-ring (bicyclic) bond motifs is 4. The number of hydrogen-bond donors (Lipinski definition) is 3. The maximum absolute atomic E-state index is 11.8. The van der Waals surface area contributed by atoms with Gasteiger partial charge in [-0.2, -0.15) is 0 Å². The van der Waals surface area contributed by atoms with Crippen LogP contribution in [0, 0.1) is 0 Å². The van der Waals surface area contributed by atoms with E-state index in [0.29, 0.717) is 58.9 Å². The Bertz CT molecular complexity index is 1230. The van der Waals surface area contributed by atoms with E-state index in [-0.39, 0.29) is 24.4 Å². The van der Waals surface area contributed by atoms with Crippen molar-refractivity contribution in [1.82, 2.24) is 4.98 Å². The molecule has 0 radical (unpaired) electrons. The Morgan fingerprint density at radius 1 is 0.897 bits per heavy atom. The second-order valence-corrected chi connectivity index (χ2v) is 6.96. The van der Waals surface area contributed by atoms with E-state index < -0.39 is 0 Å². The van der Waals surface area contributed by atoms with Crippen molar-refractivity contribution in [1.29, 1.82) is 0 Å². The summed E-state index contributed by atoms with van der Waals surface area (Å²) in [6.45, 7) is 1.49. The summed E-state index contributed by atoms with van der Waals surface area (Å²) in [5.74, 6) is 0.0288. The first-order valence-corrected chi connectivity index (χ1v) is 9.58. The van der Waals surface area contributed by atoms with E-state index in [1.54, 1.807) is 6.07 Å². The number of phenols is 1. The molecule has 0 aliphatic heterocycles. The molecule has 4 rings (SSSR count). The molecule has 0 atom stereocenters. The summed E-state index contributed by atoms with van der Waals surface area (Å²) in [5, 5.41) is 29.7. The molecule has 29 heavy (non-hydrogen) atoms. The third kappa shape index (κ3) is 3.74. The van der Waals surface area contributed by atoms with Gasteiger partial charge in [-0.05, 0) is 43.2 Å². The van der Waals surface area contributed by atoms with Gasteiger partial charge in [-0.3, -0.25) is 4.79 Å². The van der Waals surface area contributed by atoms with Crippen LogP contribution in [0.15, 0.2) is 51.7 Å². The fourth-order valence-electron chi connectivity index (χ4n) is 3.54. The van der Waals surface area contributed by atoms with Crippen molar-refractivity contribution >= 4 is 38.7 Å². The number of rotatable bonds is 7. The molecule has 7 heteroatoms. The Morgan fingerprint density at radius 3 is 2.38 bits per heavy atom. The summed E-state index contributed by atoms with van der Waals surface area (Å²) >= 11 is 0. The summed E-state index contributed by atoms with van der Waals surface area (Å²) in [6.07, 6.45) is 1.24. The third-order valence-corrected chi connectivity index (χ3v) is 4.96. The molecule has 1 aromatic heterocycles.